The summed E-state index contributed by atoms with van der Waals surface area (Å²) in [4.78, 5) is 12.4. The number of carbonyl (C=O) groups excluding carboxylic acids is 1. The van der Waals surface area contributed by atoms with Gasteiger partial charge in [0.2, 0.25) is 0 Å². The van der Waals surface area contributed by atoms with Crippen LogP contribution in [0, 0.1) is 5.92 Å². The molecule has 118 valence electrons. The summed E-state index contributed by atoms with van der Waals surface area (Å²) >= 11 is 0. The van der Waals surface area contributed by atoms with E-state index in [9.17, 15) is 4.79 Å². The molecule has 1 aromatic rings. The van der Waals surface area contributed by atoms with E-state index in [1.807, 2.05) is 12.1 Å². The van der Waals surface area contributed by atoms with Gasteiger partial charge in [-0.3, -0.25) is 4.79 Å². The third-order valence-corrected chi connectivity index (χ3v) is 4.65. The number of fused-ring (bicyclic) bond motifs is 1. The van der Waals surface area contributed by atoms with Crippen LogP contribution in [0.3, 0.4) is 0 Å². The van der Waals surface area contributed by atoms with E-state index < -0.39 is 0 Å². The summed E-state index contributed by atoms with van der Waals surface area (Å²) in [5.74, 6) is 1.90. The Balaban J connectivity index is 1.94. The second kappa shape index (κ2) is 6.42. The van der Waals surface area contributed by atoms with Crippen LogP contribution in [0.15, 0.2) is 18.2 Å². The SMILES string of the molecule is COc1cc2c(cc1OC)C(=CC(=O)C1CCCC1)NCC2. The molecule has 1 fully saturated rings. The Kier molecular flexibility index (Phi) is 4.36. The lowest BCUT2D eigenvalue weighted by Crippen LogP contribution is -2.24. The lowest BCUT2D eigenvalue weighted by molar-refractivity contribution is -0.117. The quantitative estimate of drug-likeness (QED) is 0.869. The number of methoxy groups -OCH3 is 2. The van der Waals surface area contributed by atoms with E-state index in [1.165, 1.54) is 18.4 Å². The van der Waals surface area contributed by atoms with E-state index in [0.29, 0.717) is 5.75 Å². The van der Waals surface area contributed by atoms with Crippen LogP contribution in [-0.4, -0.2) is 26.5 Å². The molecule has 4 nitrogen and oxygen atoms in total. The zero-order valence-corrected chi connectivity index (χ0v) is 13.3. The van der Waals surface area contributed by atoms with Crippen molar-refractivity contribution in [3.05, 3.63) is 29.3 Å². The van der Waals surface area contributed by atoms with Crippen LogP contribution in [0.1, 0.15) is 36.8 Å². The number of ether oxygens (including phenoxy) is 2. The molecule has 0 atom stereocenters. The highest BCUT2D eigenvalue weighted by Crippen LogP contribution is 2.35. The smallest absolute Gasteiger partial charge is 0.161 e. The number of allylic oxidation sites excluding steroid dienone is 1. The second-order valence-corrected chi connectivity index (χ2v) is 5.98. The van der Waals surface area contributed by atoms with Gasteiger partial charge in [-0.15, -0.1) is 0 Å². The van der Waals surface area contributed by atoms with Crippen molar-refractivity contribution < 1.29 is 14.3 Å². The average Bonchev–Trinajstić information content (AvgIpc) is 3.08. The summed E-state index contributed by atoms with van der Waals surface area (Å²) in [7, 11) is 3.28. The Morgan fingerprint density at radius 2 is 1.86 bits per heavy atom. The Bertz CT molecular complexity index is 601. The fraction of sp³-hybridized carbons (Fsp3) is 0.500. The van der Waals surface area contributed by atoms with E-state index in [0.717, 1.165) is 42.8 Å². The Morgan fingerprint density at radius 3 is 2.55 bits per heavy atom. The molecule has 22 heavy (non-hydrogen) atoms. The first-order valence-corrected chi connectivity index (χ1v) is 7.97. The summed E-state index contributed by atoms with van der Waals surface area (Å²) in [5.41, 5.74) is 3.16. The Hall–Kier alpha value is -1.97. The molecular formula is C18H23NO3. The molecule has 2 aliphatic rings. The van der Waals surface area contributed by atoms with Crippen LogP contribution in [-0.2, 0) is 11.2 Å². The van der Waals surface area contributed by atoms with Crippen LogP contribution in [0.25, 0.3) is 5.70 Å². The summed E-state index contributed by atoms with van der Waals surface area (Å²) < 4.78 is 10.8. The number of carbonyl (C=O) groups is 1. The molecule has 4 heteroatoms. The first-order chi connectivity index (χ1) is 10.7. The molecule has 0 bridgehead atoms. The fourth-order valence-corrected chi connectivity index (χ4v) is 3.40. The number of benzene rings is 1. The Labute approximate surface area is 131 Å². The third kappa shape index (κ3) is 2.82. The average molecular weight is 301 g/mol. The van der Waals surface area contributed by atoms with Gasteiger partial charge in [-0.1, -0.05) is 12.8 Å². The van der Waals surface area contributed by atoms with Crippen LogP contribution in [0.2, 0.25) is 0 Å². The number of ketones is 1. The first kappa shape index (κ1) is 14.9. The van der Waals surface area contributed by atoms with Crippen molar-refractivity contribution in [2.24, 2.45) is 5.92 Å². The van der Waals surface area contributed by atoms with E-state index in [1.54, 1.807) is 20.3 Å². The zero-order valence-electron chi connectivity index (χ0n) is 13.3. The topological polar surface area (TPSA) is 47.6 Å². The number of nitrogens with one attached hydrogen (secondary N) is 1. The van der Waals surface area contributed by atoms with E-state index >= 15 is 0 Å². The predicted octanol–water partition coefficient (Wildman–Crippen LogP) is 2.95. The van der Waals surface area contributed by atoms with Crippen molar-refractivity contribution >= 4 is 11.5 Å². The molecule has 3 rings (SSSR count). The highest BCUT2D eigenvalue weighted by atomic mass is 16.5. The summed E-state index contributed by atoms with van der Waals surface area (Å²) in [6, 6.07) is 3.98. The summed E-state index contributed by atoms with van der Waals surface area (Å²) in [5, 5.41) is 3.36. The molecule has 1 aliphatic heterocycles. The van der Waals surface area contributed by atoms with Crippen molar-refractivity contribution in [3.63, 3.8) is 0 Å². The van der Waals surface area contributed by atoms with Gasteiger partial charge in [-0.2, -0.15) is 0 Å². The van der Waals surface area contributed by atoms with Gasteiger partial charge < -0.3 is 14.8 Å². The molecule has 1 N–H and O–H groups in total. The molecular weight excluding hydrogens is 278 g/mol. The van der Waals surface area contributed by atoms with Gasteiger partial charge in [0.1, 0.15) is 0 Å². The van der Waals surface area contributed by atoms with E-state index in [2.05, 4.69) is 5.32 Å². The molecule has 1 aliphatic carbocycles. The van der Waals surface area contributed by atoms with Gasteiger partial charge >= 0.3 is 0 Å². The van der Waals surface area contributed by atoms with Gasteiger partial charge in [0.05, 0.1) is 14.2 Å². The maximum absolute atomic E-state index is 12.4. The fourth-order valence-electron chi connectivity index (χ4n) is 3.40. The lowest BCUT2D eigenvalue weighted by Gasteiger charge is -2.23. The molecule has 0 saturated heterocycles. The predicted molar refractivity (Wildman–Crippen MR) is 86.2 cm³/mol. The van der Waals surface area contributed by atoms with Crippen molar-refractivity contribution in [2.75, 3.05) is 20.8 Å². The van der Waals surface area contributed by atoms with Gasteiger partial charge in [0.15, 0.2) is 17.3 Å². The highest BCUT2D eigenvalue weighted by molar-refractivity contribution is 5.98. The maximum atomic E-state index is 12.4. The number of hydrogen-bond acceptors (Lipinski definition) is 4. The molecule has 1 aromatic carbocycles. The van der Waals surface area contributed by atoms with Crippen LogP contribution >= 0.6 is 0 Å². The molecule has 0 aromatic heterocycles. The molecule has 0 spiro atoms. The monoisotopic (exact) mass is 301 g/mol. The third-order valence-electron chi connectivity index (χ3n) is 4.65. The Morgan fingerprint density at radius 1 is 1.18 bits per heavy atom. The second-order valence-electron chi connectivity index (χ2n) is 5.98. The highest BCUT2D eigenvalue weighted by Gasteiger charge is 2.23. The minimum atomic E-state index is 0.208. The number of rotatable bonds is 4. The van der Waals surface area contributed by atoms with Gasteiger partial charge in [0.25, 0.3) is 0 Å². The largest absolute Gasteiger partial charge is 0.493 e. The normalized spacial score (nSPS) is 19.6. The number of hydrogen-bond donors (Lipinski definition) is 1. The van der Waals surface area contributed by atoms with Crippen LogP contribution in [0.4, 0.5) is 0 Å². The minimum Gasteiger partial charge on any atom is -0.493 e. The van der Waals surface area contributed by atoms with Gasteiger partial charge in [-0.05, 0) is 37.0 Å². The molecule has 0 radical (unpaired) electrons. The van der Waals surface area contributed by atoms with Crippen molar-refractivity contribution in [1.82, 2.24) is 5.32 Å². The molecule has 1 heterocycles. The van der Waals surface area contributed by atoms with Crippen LogP contribution in [0.5, 0.6) is 11.5 Å². The standard InChI is InChI=1S/C18H23NO3/c1-21-17-9-13-7-8-19-15(14(13)10-18(17)22-2)11-16(20)12-5-3-4-6-12/h9-12,19H,3-8H2,1-2H3. The van der Waals surface area contributed by atoms with Crippen molar-refractivity contribution in [2.45, 2.75) is 32.1 Å². The summed E-state index contributed by atoms with van der Waals surface area (Å²) in [6.45, 7) is 0.840. The maximum Gasteiger partial charge on any atom is 0.161 e. The van der Waals surface area contributed by atoms with Crippen LogP contribution < -0.4 is 14.8 Å². The van der Waals surface area contributed by atoms with Crippen molar-refractivity contribution in [1.29, 1.82) is 0 Å². The summed E-state index contributed by atoms with van der Waals surface area (Å²) in [6.07, 6.45) is 7.12. The molecule has 0 unspecified atom stereocenters. The van der Waals surface area contributed by atoms with E-state index in [-0.39, 0.29) is 11.7 Å². The van der Waals surface area contributed by atoms with Gasteiger partial charge in [-0.25, -0.2) is 0 Å². The molecule has 0 amide bonds. The minimum absolute atomic E-state index is 0.208. The first-order valence-electron chi connectivity index (χ1n) is 7.97. The zero-order chi connectivity index (χ0) is 15.5. The van der Waals surface area contributed by atoms with E-state index in [4.69, 9.17) is 9.47 Å². The van der Waals surface area contributed by atoms with Gasteiger partial charge in [0, 0.05) is 29.8 Å². The lowest BCUT2D eigenvalue weighted by atomic mass is 9.94. The molecule has 1 saturated carbocycles. The van der Waals surface area contributed by atoms with Crippen molar-refractivity contribution in [3.8, 4) is 11.5 Å².